The van der Waals surface area contributed by atoms with Crippen LogP contribution in [0.2, 0.25) is 0 Å². The molecule has 0 aliphatic heterocycles. The van der Waals surface area contributed by atoms with Crippen molar-refractivity contribution in [2.75, 3.05) is 15.9 Å². The molecule has 0 aliphatic carbocycles. The zero-order valence-electron chi connectivity index (χ0n) is 17.8. The fourth-order valence-electron chi connectivity index (χ4n) is 3.51. The van der Waals surface area contributed by atoms with Gasteiger partial charge in [0, 0.05) is 5.69 Å². The summed E-state index contributed by atoms with van der Waals surface area (Å²) in [5.41, 5.74) is 6.32. The van der Waals surface area contributed by atoms with Gasteiger partial charge in [-0.05, 0) is 75.4 Å². The van der Waals surface area contributed by atoms with E-state index < -0.39 is 16.1 Å². The molecule has 6 heteroatoms. The van der Waals surface area contributed by atoms with Crippen molar-refractivity contribution < 1.29 is 13.2 Å². The van der Waals surface area contributed by atoms with Crippen molar-refractivity contribution in [3.05, 3.63) is 58.1 Å². The molecule has 5 nitrogen and oxygen atoms in total. The largest absolute Gasteiger partial charge is 0.324 e. The predicted molar refractivity (Wildman–Crippen MR) is 117 cm³/mol. The summed E-state index contributed by atoms with van der Waals surface area (Å²) in [4.78, 5) is 13.1. The molecule has 2 rings (SSSR count). The monoisotopic (exact) mass is 402 g/mol. The van der Waals surface area contributed by atoms with E-state index in [4.69, 9.17) is 0 Å². The van der Waals surface area contributed by atoms with Gasteiger partial charge in [0.25, 0.3) is 0 Å². The molecule has 0 saturated heterocycles. The van der Waals surface area contributed by atoms with Gasteiger partial charge in [-0.1, -0.05) is 30.7 Å². The van der Waals surface area contributed by atoms with Gasteiger partial charge in [0.1, 0.15) is 6.04 Å². The molecule has 0 aliphatic rings. The Labute approximate surface area is 168 Å². The molecule has 0 radical (unpaired) electrons. The van der Waals surface area contributed by atoms with Gasteiger partial charge in [-0.3, -0.25) is 9.10 Å². The second kappa shape index (κ2) is 8.35. The lowest BCUT2D eigenvalue weighted by Crippen LogP contribution is -2.47. The van der Waals surface area contributed by atoms with E-state index in [1.54, 1.807) is 6.07 Å². The summed E-state index contributed by atoms with van der Waals surface area (Å²) in [6.07, 6.45) is 1.50. The fourth-order valence-corrected chi connectivity index (χ4v) is 4.71. The van der Waals surface area contributed by atoms with Crippen LogP contribution in [0.3, 0.4) is 0 Å². The topological polar surface area (TPSA) is 66.5 Å². The first-order chi connectivity index (χ1) is 13.0. The molecule has 0 saturated carbocycles. The fraction of sp³-hybridized carbons (Fsp3) is 0.409. The van der Waals surface area contributed by atoms with Crippen molar-refractivity contribution in [1.29, 1.82) is 0 Å². The third-order valence-electron chi connectivity index (χ3n) is 5.00. The minimum absolute atomic E-state index is 0.332. The van der Waals surface area contributed by atoms with Crippen LogP contribution in [0.15, 0.2) is 30.3 Å². The number of anilines is 2. The molecular weight excluding hydrogens is 372 g/mol. The molecule has 1 N–H and O–H groups in total. The summed E-state index contributed by atoms with van der Waals surface area (Å²) >= 11 is 0. The maximum Gasteiger partial charge on any atom is 0.248 e. The molecule has 0 fully saturated rings. The lowest BCUT2D eigenvalue weighted by Gasteiger charge is -2.31. The van der Waals surface area contributed by atoms with Gasteiger partial charge in [0.05, 0.1) is 11.9 Å². The Morgan fingerprint density at radius 1 is 0.964 bits per heavy atom. The van der Waals surface area contributed by atoms with Crippen LogP contribution in [0.1, 0.15) is 41.2 Å². The Bertz CT molecular complexity index is 974. The molecule has 1 atom stereocenters. The van der Waals surface area contributed by atoms with Crippen LogP contribution >= 0.6 is 0 Å². The summed E-state index contributed by atoms with van der Waals surface area (Å²) in [5.74, 6) is -0.332. The van der Waals surface area contributed by atoms with Crippen LogP contribution in [0.25, 0.3) is 0 Å². The third-order valence-corrected chi connectivity index (χ3v) is 6.18. The van der Waals surface area contributed by atoms with Crippen LogP contribution in [-0.2, 0) is 14.8 Å². The summed E-state index contributed by atoms with van der Waals surface area (Å²) < 4.78 is 26.4. The quantitative estimate of drug-likeness (QED) is 0.778. The van der Waals surface area contributed by atoms with E-state index in [2.05, 4.69) is 5.32 Å². The number of amides is 1. The first-order valence-electron chi connectivity index (χ1n) is 9.41. The highest BCUT2D eigenvalue weighted by molar-refractivity contribution is 7.92. The summed E-state index contributed by atoms with van der Waals surface area (Å²) in [6, 6.07) is 8.61. The van der Waals surface area contributed by atoms with Gasteiger partial charge in [0.2, 0.25) is 15.9 Å². The molecule has 2 aromatic rings. The first kappa shape index (κ1) is 22.0. The highest BCUT2D eigenvalue weighted by Gasteiger charge is 2.32. The van der Waals surface area contributed by atoms with Crippen LogP contribution in [0.4, 0.5) is 11.4 Å². The molecule has 0 aromatic heterocycles. The zero-order chi connectivity index (χ0) is 21.2. The Hall–Kier alpha value is -2.34. The number of nitrogens with one attached hydrogen (secondary N) is 1. The molecule has 0 heterocycles. The van der Waals surface area contributed by atoms with E-state index >= 15 is 0 Å². The average Bonchev–Trinajstić information content (AvgIpc) is 2.57. The van der Waals surface area contributed by atoms with Gasteiger partial charge < -0.3 is 5.32 Å². The number of aryl methyl sites for hydroxylation is 5. The Morgan fingerprint density at radius 3 is 2.00 bits per heavy atom. The number of benzene rings is 2. The molecule has 1 amide bonds. The first-order valence-corrected chi connectivity index (χ1v) is 11.3. The van der Waals surface area contributed by atoms with Gasteiger partial charge in [-0.15, -0.1) is 0 Å². The lowest BCUT2D eigenvalue weighted by atomic mass is 10.0. The van der Waals surface area contributed by atoms with Crippen molar-refractivity contribution in [2.45, 2.75) is 54.0 Å². The number of rotatable bonds is 6. The van der Waals surface area contributed by atoms with Crippen molar-refractivity contribution in [1.82, 2.24) is 0 Å². The predicted octanol–water partition coefficient (Wildman–Crippen LogP) is 4.41. The van der Waals surface area contributed by atoms with E-state index in [1.165, 1.54) is 4.31 Å². The molecule has 2 aromatic carbocycles. The van der Waals surface area contributed by atoms with Gasteiger partial charge in [-0.2, -0.15) is 0 Å². The number of carbonyl (C=O) groups is 1. The lowest BCUT2D eigenvalue weighted by molar-refractivity contribution is -0.117. The number of hydrogen-bond acceptors (Lipinski definition) is 3. The zero-order valence-corrected chi connectivity index (χ0v) is 18.6. The minimum atomic E-state index is -3.65. The maximum absolute atomic E-state index is 13.1. The second-order valence-electron chi connectivity index (χ2n) is 7.51. The SMILES string of the molecule is CCC(C(=O)Nc1c(C)cc(C)cc1C)N(c1ccc(C)c(C)c1)S(C)(=O)=O. The van der Waals surface area contributed by atoms with Crippen molar-refractivity contribution >= 4 is 27.3 Å². The van der Waals surface area contributed by atoms with Gasteiger partial charge in [-0.25, -0.2) is 8.42 Å². The molecular formula is C22H30N2O3S. The van der Waals surface area contributed by atoms with E-state index in [-0.39, 0.29) is 5.91 Å². The Kier molecular flexibility index (Phi) is 6.55. The van der Waals surface area contributed by atoms with Crippen LogP contribution in [-0.4, -0.2) is 26.6 Å². The van der Waals surface area contributed by atoms with Gasteiger partial charge >= 0.3 is 0 Å². The standard InChI is InChI=1S/C22H30N2O3S/c1-8-20(22(25)23-21-17(5)11-14(2)12-18(21)6)24(28(7,26)27)19-10-9-15(3)16(4)13-19/h9-13,20H,8H2,1-7H3,(H,23,25). The van der Waals surface area contributed by atoms with Crippen LogP contribution < -0.4 is 9.62 Å². The van der Waals surface area contributed by atoms with Crippen LogP contribution in [0, 0.1) is 34.6 Å². The minimum Gasteiger partial charge on any atom is -0.324 e. The second-order valence-corrected chi connectivity index (χ2v) is 9.37. The summed E-state index contributed by atoms with van der Waals surface area (Å²) in [6.45, 7) is 11.6. The number of nitrogens with zero attached hydrogens (tertiary/aromatic N) is 1. The molecule has 28 heavy (non-hydrogen) atoms. The van der Waals surface area contributed by atoms with E-state index in [9.17, 15) is 13.2 Å². The smallest absolute Gasteiger partial charge is 0.248 e. The van der Waals surface area contributed by atoms with Crippen molar-refractivity contribution in [3.63, 3.8) is 0 Å². The highest BCUT2D eigenvalue weighted by atomic mass is 32.2. The average molecular weight is 403 g/mol. The van der Waals surface area contributed by atoms with Crippen molar-refractivity contribution in [3.8, 4) is 0 Å². The summed E-state index contributed by atoms with van der Waals surface area (Å²) in [5, 5.41) is 2.96. The summed E-state index contributed by atoms with van der Waals surface area (Å²) in [7, 11) is -3.65. The van der Waals surface area contributed by atoms with E-state index in [1.807, 2.05) is 65.8 Å². The van der Waals surface area contributed by atoms with Crippen molar-refractivity contribution in [2.24, 2.45) is 0 Å². The number of sulfonamides is 1. The van der Waals surface area contributed by atoms with Gasteiger partial charge in [0.15, 0.2) is 0 Å². The van der Waals surface area contributed by atoms with E-state index in [0.717, 1.165) is 39.8 Å². The normalized spacial score (nSPS) is 12.5. The molecule has 152 valence electrons. The Balaban J connectivity index is 2.46. The van der Waals surface area contributed by atoms with Crippen LogP contribution in [0.5, 0.6) is 0 Å². The number of carbonyl (C=O) groups excluding carboxylic acids is 1. The van der Waals surface area contributed by atoms with E-state index in [0.29, 0.717) is 12.1 Å². The Morgan fingerprint density at radius 2 is 1.54 bits per heavy atom. The highest BCUT2D eigenvalue weighted by Crippen LogP contribution is 2.27. The molecule has 0 spiro atoms. The maximum atomic E-state index is 13.1. The number of hydrogen-bond donors (Lipinski definition) is 1. The third kappa shape index (κ3) is 4.73. The molecule has 0 bridgehead atoms. The molecule has 1 unspecified atom stereocenters.